The molecule has 1 fully saturated rings. The lowest BCUT2D eigenvalue weighted by Gasteiger charge is -2.31. The van der Waals surface area contributed by atoms with E-state index in [0.29, 0.717) is 11.7 Å². The number of halogens is 1. The van der Waals surface area contributed by atoms with Crippen LogP contribution in [-0.2, 0) is 6.42 Å². The van der Waals surface area contributed by atoms with Crippen LogP contribution < -0.4 is 0 Å². The van der Waals surface area contributed by atoms with Crippen LogP contribution in [-0.4, -0.2) is 33.2 Å². The van der Waals surface area contributed by atoms with Crippen LogP contribution in [0.1, 0.15) is 18.1 Å². The van der Waals surface area contributed by atoms with Crippen molar-refractivity contribution >= 4 is 23.5 Å². The maximum absolute atomic E-state index is 13.2. The van der Waals surface area contributed by atoms with Gasteiger partial charge in [0.15, 0.2) is 0 Å². The molecular formula is C14H19FOS2. The molecule has 1 saturated heterocycles. The van der Waals surface area contributed by atoms with E-state index < -0.39 is 6.10 Å². The molecule has 1 aliphatic heterocycles. The van der Waals surface area contributed by atoms with Crippen LogP contribution in [0.4, 0.5) is 4.39 Å². The molecule has 2 rings (SSSR count). The van der Waals surface area contributed by atoms with Gasteiger partial charge in [-0.25, -0.2) is 4.39 Å². The van der Waals surface area contributed by atoms with Crippen molar-refractivity contribution in [2.24, 2.45) is 0 Å². The van der Waals surface area contributed by atoms with E-state index in [9.17, 15) is 9.50 Å². The number of aryl methyl sites for hydroxylation is 1. The van der Waals surface area contributed by atoms with Crippen molar-refractivity contribution in [1.29, 1.82) is 0 Å². The minimum Gasteiger partial charge on any atom is -0.392 e. The molecule has 0 bridgehead atoms. The predicted molar refractivity (Wildman–Crippen MR) is 79.0 cm³/mol. The number of benzene rings is 1. The Morgan fingerprint density at radius 3 is 2.83 bits per heavy atom. The number of aliphatic hydroxyl groups excluding tert-OH is 1. The summed E-state index contributed by atoms with van der Waals surface area (Å²) in [6.07, 6.45) is 0.157. The van der Waals surface area contributed by atoms with E-state index in [1.807, 2.05) is 30.4 Å². The molecule has 3 atom stereocenters. The van der Waals surface area contributed by atoms with Gasteiger partial charge in [-0.3, -0.25) is 0 Å². The maximum Gasteiger partial charge on any atom is 0.123 e. The molecule has 0 saturated carbocycles. The Morgan fingerprint density at radius 2 is 2.11 bits per heavy atom. The first-order valence-corrected chi connectivity index (χ1v) is 8.34. The normalized spacial score (nSPS) is 26.0. The van der Waals surface area contributed by atoms with E-state index in [-0.39, 0.29) is 11.1 Å². The van der Waals surface area contributed by atoms with Crippen molar-refractivity contribution in [2.45, 2.75) is 36.9 Å². The highest BCUT2D eigenvalue weighted by Crippen LogP contribution is 2.34. The molecular weight excluding hydrogens is 267 g/mol. The number of hydrogen-bond donors (Lipinski definition) is 1. The average molecular weight is 286 g/mol. The lowest BCUT2D eigenvalue weighted by Crippen LogP contribution is -2.36. The van der Waals surface area contributed by atoms with Crippen LogP contribution in [0.3, 0.4) is 0 Å². The highest BCUT2D eigenvalue weighted by atomic mass is 32.2. The van der Waals surface area contributed by atoms with Gasteiger partial charge >= 0.3 is 0 Å². The van der Waals surface area contributed by atoms with Crippen molar-refractivity contribution in [3.63, 3.8) is 0 Å². The van der Waals surface area contributed by atoms with Crippen LogP contribution in [0.15, 0.2) is 18.2 Å². The summed E-state index contributed by atoms with van der Waals surface area (Å²) in [7, 11) is 0. The fourth-order valence-corrected chi connectivity index (χ4v) is 5.12. The van der Waals surface area contributed by atoms with Crippen LogP contribution >= 0.6 is 23.5 Å². The van der Waals surface area contributed by atoms with E-state index >= 15 is 0 Å². The molecule has 100 valence electrons. The number of hydrogen-bond acceptors (Lipinski definition) is 3. The molecule has 0 aliphatic carbocycles. The maximum atomic E-state index is 13.2. The fraction of sp³-hybridized carbons (Fsp3) is 0.571. The van der Waals surface area contributed by atoms with Gasteiger partial charge in [0.25, 0.3) is 0 Å². The standard InChI is InChI=1S/C14H19FOS2/c1-9-3-4-12(15)7-11(9)8-13(16)14-10(2)17-5-6-18-14/h3-4,7,10,13-14,16H,5-6,8H2,1-2H3. The summed E-state index contributed by atoms with van der Waals surface area (Å²) in [6.45, 7) is 4.14. The highest BCUT2D eigenvalue weighted by molar-refractivity contribution is 8.07. The van der Waals surface area contributed by atoms with E-state index in [4.69, 9.17) is 0 Å². The zero-order chi connectivity index (χ0) is 13.1. The summed E-state index contributed by atoms with van der Waals surface area (Å²) >= 11 is 3.76. The SMILES string of the molecule is Cc1ccc(F)cc1CC(O)C1SCCSC1C. The first kappa shape index (κ1) is 14.2. The van der Waals surface area contributed by atoms with Crippen molar-refractivity contribution < 1.29 is 9.50 Å². The van der Waals surface area contributed by atoms with E-state index in [2.05, 4.69) is 6.92 Å². The van der Waals surface area contributed by atoms with Crippen LogP contribution in [0.25, 0.3) is 0 Å². The van der Waals surface area contributed by atoms with E-state index in [1.54, 1.807) is 12.1 Å². The van der Waals surface area contributed by atoms with Gasteiger partial charge in [-0.05, 0) is 36.6 Å². The first-order chi connectivity index (χ1) is 8.58. The van der Waals surface area contributed by atoms with Crippen molar-refractivity contribution in [3.05, 3.63) is 35.1 Å². The highest BCUT2D eigenvalue weighted by Gasteiger charge is 2.29. The smallest absolute Gasteiger partial charge is 0.123 e. The topological polar surface area (TPSA) is 20.2 Å². The van der Waals surface area contributed by atoms with Crippen LogP contribution in [0, 0.1) is 12.7 Å². The zero-order valence-corrected chi connectivity index (χ0v) is 12.4. The molecule has 1 aromatic rings. The number of thioether (sulfide) groups is 2. The summed E-state index contributed by atoms with van der Waals surface area (Å²) < 4.78 is 13.2. The van der Waals surface area contributed by atoms with Crippen LogP contribution in [0.5, 0.6) is 0 Å². The number of aliphatic hydroxyl groups is 1. The van der Waals surface area contributed by atoms with E-state index in [1.165, 1.54) is 6.07 Å². The summed E-state index contributed by atoms with van der Waals surface area (Å²) in [5.74, 6) is 2.04. The van der Waals surface area contributed by atoms with Crippen molar-refractivity contribution in [2.75, 3.05) is 11.5 Å². The Balaban J connectivity index is 2.05. The Labute approximate surface area is 117 Å². The Bertz CT molecular complexity index is 411. The Kier molecular flexibility index (Phi) is 4.98. The molecule has 4 heteroatoms. The lowest BCUT2D eigenvalue weighted by molar-refractivity contribution is 0.171. The predicted octanol–water partition coefficient (Wildman–Crippen LogP) is 3.27. The lowest BCUT2D eigenvalue weighted by atomic mass is 10.00. The summed E-state index contributed by atoms with van der Waals surface area (Å²) in [6, 6.07) is 4.80. The van der Waals surface area contributed by atoms with Gasteiger partial charge in [0.2, 0.25) is 0 Å². The molecule has 1 aromatic carbocycles. The van der Waals surface area contributed by atoms with Gasteiger partial charge in [-0.15, -0.1) is 0 Å². The monoisotopic (exact) mass is 286 g/mol. The van der Waals surface area contributed by atoms with Crippen LogP contribution in [0.2, 0.25) is 0 Å². The second kappa shape index (κ2) is 6.31. The molecule has 0 amide bonds. The summed E-state index contributed by atoms with van der Waals surface area (Å²) in [5.41, 5.74) is 1.97. The molecule has 1 N–H and O–H groups in total. The van der Waals surface area contributed by atoms with Crippen molar-refractivity contribution in [1.82, 2.24) is 0 Å². The second-order valence-electron chi connectivity index (χ2n) is 4.75. The third-order valence-corrected chi connectivity index (χ3v) is 6.59. The first-order valence-electron chi connectivity index (χ1n) is 6.24. The molecule has 0 aromatic heterocycles. The molecule has 0 radical (unpaired) electrons. The minimum absolute atomic E-state index is 0.221. The van der Waals surface area contributed by atoms with Gasteiger partial charge in [-0.1, -0.05) is 13.0 Å². The third kappa shape index (κ3) is 3.43. The number of rotatable bonds is 3. The van der Waals surface area contributed by atoms with E-state index in [0.717, 1.165) is 22.6 Å². The van der Waals surface area contributed by atoms with Gasteiger partial charge < -0.3 is 5.11 Å². The zero-order valence-electron chi connectivity index (χ0n) is 10.7. The Morgan fingerprint density at radius 1 is 1.39 bits per heavy atom. The second-order valence-corrected chi connectivity index (χ2v) is 7.52. The van der Waals surface area contributed by atoms with Gasteiger partial charge in [0, 0.05) is 22.0 Å². The summed E-state index contributed by atoms with van der Waals surface area (Å²) in [4.78, 5) is 0. The van der Waals surface area contributed by atoms with Gasteiger partial charge in [0.1, 0.15) is 5.82 Å². The molecule has 18 heavy (non-hydrogen) atoms. The molecule has 1 heterocycles. The quantitative estimate of drug-likeness (QED) is 0.921. The fourth-order valence-electron chi connectivity index (χ4n) is 2.27. The Hall–Kier alpha value is -0.190. The van der Waals surface area contributed by atoms with Gasteiger partial charge in [0.05, 0.1) is 6.10 Å². The molecule has 1 nitrogen and oxygen atoms in total. The third-order valence-electron chi connectivity index (χ3n) is 3.36. The summed E-state index contributed by atoms with van der Waals surface area (Å²) in [5, 5.41) is 11.1. The molecule has 1 aliphatic rings. The molecule has 0 spiro atoms. The average Bonchev–Trinajstić information content (AvgIpc) is 2.34. The largest absolute Gasteiger partial charge is 0.392 e. The molecule has 3 unspecified atom stereocenters. The minimum atomic E-state index is -0.390. The van der Waals surface area contributed by atoms with Gasteiger partial charge in [-0.2, -0.15) is 23.5 Å². The van der Waals surface area contributed by atoms with Crippen molar-refractivity contribution in [3.8, 4) is 0 Å².